The van der Waals surface area contributed by atoms with E-state index in [9.17, 15) is 5.11 Å². The smallest absolute Gasteiger partial charge is 0.196 e. The van der Waals surface area contributed by atoms with Crippen LogP contribution in [0.5, 0.6) is 5.88 Å². The largest absolute Gasteiger partial charge is 0.494 e. The van der Waals surface area contributed by atoms with Gasteiger partial charge in [-0.05, 0) is 25.1 Å². The maximum Gasteiger partial charge on any atom is 0.196 e. The Morgan fingerprint density at radius 1 is 1.50 bits per heavy atom. The van der Waals surface area contributed by atoms with Crippen LogP contribution in [0.25, 0.3) is 17.0 Å². The van der Waals surface area contributed by atoms with Crippen LogP contribution in [0.15, 0.2) is 23.2 Å². The molecule has 0 radical (unpaired) electrons. The van der Waals surface area contributed by atoms with Crippen LogP contribution < -0.4 is 0 Å². The van der Waals surface area contributed by atoms with E-state index in [2.05, 4.69) is 4.98 Å². The fourth-order valence-electron chi connectivity index (χ4n) is 1.64. The minimum absolute atomic E-state index is 0.0700. The van der Waals surface area contributed by atoms with Gasteiger partial charge in [-0.1, -0.05) is 23.2 Å². The molecule has 0 saturated carbocycles. The number of hydrogen-bond donors (Lipinski definition) is 3. The number of rotatable bonds is 2. The van der Waals surface area contributed by atoms with E-state index >= 15 is 0 Å². The SMILES string of the molecule is Cc1ccc2[nH]c(O)c(/C=C(/Cl)C=N)c2c1. The van der Waals surface area contributed by atoms with Gasteiger partial charge in [-0.3, -0.25) is 0 Å². The summed E-state index contributed by atoms with van der Waals surface area (Å²) in [6.07, 6.45) is 2.61. The van der Waals surface area contributed by atoms with E-state index in [-0.39, 0.29) is 10.9 Å². The standard InChI is InChI=1S/C12H11ClN2O/c1-7-2-3-11-9(4-7)10(12(16)15-11)5-8(13)6-14/h2-6,14-16H,1H3/b8-5+,14-6?. The van der Waals surface area contributed by atoms with Crippen molar-refractivity contribution < 1.29 is 5.11 Å². The highest BCUT2D eigenvalue weighted by atomic mass is 35.5. The predicted octanol–water partition coefficient (Wildman–Crippen LogP) is 3.41. The minimum atomic E-state index is 0.0700. The van der Waals surface area contributed by atoms with Gasteiger partial charge in [0.25, 0.3) is 0 Å². The molecule has 0 amide bonds. The molecule has 0 saturated heterocycles. The Hall–Kier alpha value is -1.74. The Labute approximate surface area is 97.9 Å². The van der Waals surface area contributed by atoms with Gasteiger partial charge in [0.05, 0.1) is 5.03 Å². The van der Waals surface area contributed by atoms with Gasteiger partial charge in [0.1, 0.15) is 0 Å². The highest BCUT2D eigenvalue weighted by molar-refractivity contribution is 6.41. The molecule has 0 spiro atoms. The van der Waals surface area contributed by atoms with E-state index in [4.69, 9.17) is 17.0 Å². The van der Waals surface area contributed by atoms with Gasteiger partial charge in [-0.2, -0.15) is 0 Å². The third-order valence-corrected chi connectivity index (χ3v) is 2.61. The molecular weight excluding hydrogens is 224 g/mol. The highest BCUT2D eigenvalue weighted by Gasteiger charge is 2.08. The molecule has 0 atom stereocenters. The normalized spacial score (nSPS) is 12.0. The molecule has 3 N–H and O–H groups in total. The third kappa shape index (κ3) is 1.82. The quantitative estimate of drug-likeness (QED) is 0.685. The maximum absolute atomic E-state index is 9.74. The van der Waals surface area contributed by atoms with Gasteiger partial charge in [0.2, 0.25) is 0 Å². The number of aromatic amines is 1. The lowest BCUT2D eigenvalue weighted by molar-refractivity contribution is 0.457. The van der Waals surface area contributed by atoms with Crippen LogP contribution in [0.4, 0.5) is 0 Å². The molecule has 16 heavy (non-hydrogen) atoms. The van der Waals surface area contributed by atoms with Crippen LogP contribution in [0, 0.1) is 12.3 Å². The number of aryl methyl sites for hydroxylation is 1. The van der Waals surface area contributed by atoms with E-state index in [1.165, 1.54) is 0 Å². The molecule has 0 unspecified atom stereocenters. The van der Waals surface area contributed by atoms with Gasteiger partial charge >= 0.3 is 0 Å². The van der Waals surface area contributed by atoms with Crippen LogP contribution in [-0.4, -0.2) is 16.3 Å². The van der Waals surface area contributed by atoms with E-state index in [0.717, 1.165) is 22.7 Å². The number of fused-ring (bicyclic) bond motifs is 1. The average Bonchev–Trinajstić information content (AvgIpc) is 2.55. The molecule has 0 fully saturated rings. The summed E-state index contributed by atoms with van der Waals surface area (Å²) in [4.78, 5) is 2.86. The summed E-state index contributed by atoms with van der Waals surface area (Å²) in [5.41, 5.74) is 2.57. The Morgan fingerprint density at radius 3 is 2.94 bits per heavy atom. The molecule has 0 bridgehead atoms. The predicted molar refractivity (Wildman–Crippen MR) is 67.3 cm³/mol. The number of hydrogen-bond acceptors (Lipinski definition) is 2. The molecule has 0 aliphatic heterocycles. The number of aromatic hydroxyl groups is 1. The first-order valence-electron chi connectivity index (χ1n) is 4.81. The Bertz CT molecular complexity index is 584. The van der Waals surface area contributed by atoms with Crippen LogP contribution in [-0.2, 0) is 0 Å². The zero-order valence-electron chi connectivity index (χ0n) is 8.71. The number of aromatic nitrogens is 1. The summed E-state index contributed by atoms with van der Waals surface area (Å²) in [6, 6.07) is 5.83. The Kier molecular flexibility index (Phi) is 2.71. The molecule has 3 nitrogen and oxygen atoms in total. The topological polar surface area (TPSA) is 59.9 Å². The second-order valence-corrected chi connectivity index (χ2v) is 4.05. The van der Waals surface area contributed by atoms with Crippen LogP contribution in [0.2, 0.25) is 0 Å². The van der Waals surface area contributed by atoms with Crippen LogP contribution in [0.1, 0.15) is 11.1 Å². The number of benzene rings is 1. The van der Waals surface area contributed by atoms with Gasteiger partial charge in [0, 0.05) is 22.7 Å². The Balaban J connectivity index is 2.72. The van der Waals surface area contributed by atoms with Crippen LogP contribution in [0.3, 0.4) is 0 Å². The first-order chi connectivity index (χ1) is 7.61. The van der Waals surface area contributed by atoms with Crippen molar-refractivity contribution in [2.75, 3.05) is 0 Å². The molecule has 2 aromatic rings. The summed E-state index contributed by atoms with van der Waals surface area (Å²) in [5, 5.41) is 17.9. The van der Waals surface area contributed by atoms with Crippen molar-refractivity contribution in [2.24, 2.45) is 0 Å². The van der Waals surface area contributed by atoms with E-state index < -0.39 is 0 Å². The van der Waals surface area contributed by atoms with E-state index in [1.54, 1.807) is 6.08 Å². The summed E-state index contributed by atoms with van der Waals surface area (Å²) in [7, 11) is 0. The second kappa shape index (κ2) is 4.02. The maximum atomic E-state index is 9.74. The van der Waals surface area contributed by atoms with Crippen molar-refractivity contribution in [2.45, 2.75) is 6.92 Å². The van der Waals surface area contributed by atoms with Gasteiger partial charge < -0.3 is 15.5 Å². The lowest BCUT2D eigenvalue weighted by Gasteiger charge is -1.95. The molecule has 4 heteroatoms. The van der Waals surface area contributed by atoms with Crippen molar-refractivity contribution in [3.8, 4) is 5.88 Å². The zero-order chi connectivity index (χ0) is 11.7. The fraction of sp³-hybridized carbons (Fsp3) is 0.0833. The lowest BCUT2D eigenvalue weighted by Crippen LogP contribution is -1.76. The van der Waals surface area contributed by atoms with Gasteiger partial charge in [-0.25, -0.2) is 0 Å². The highest BCUT2D eigenvalue weighted by Crippen LogP contribution is 2.30. The molecule has 0 aliphatic rings. The second-order valence-electron chi connectivity index (χ2n) is 3.61. The van der Waals surface area contributed by atoms with Crippen molar-refractivity contribution in [1.29, 1.82) is 5.41 Å². The van der Waals surface area contributed by atoms with Gasteiger partial charge in [-0.15, -0.1) is 0 Å². The lowest BCUT2D eigenvalue weighted by atomic mass is 10.1. The summed E-state index contributed by atoms with van der Waals surface area (Å²) in [5.74, 6) is 0.0700. The molecular formula is C12H11ClN2O. The molecule has 1 aromatic carbocycles. The van der Waals surface area contributed by atoms with E-state index in [1.807, 2.05) is 25.1 Å². The van der Waals surface area contributed by atoms with Crippen molar-refractivity contribution >= 4 is 34.8 Å². The van der Waals surface area contributed by atoms with E-state index in [0.29, 0.717) is 5.56 Å². The first-order valence-corrected chi connectivity index (χ1v) is 5.18. The third-order valence-electron chi connectivity index (χ3n) is 2.39. The van der Waals surface area contributed by atoms with Crippen molar-refractivity contribution in [3.63, 3.8) is 0 Å². The molecule has 82 valence electrons. The number of allylic oxidation sites excluding steroid dienone is 1. The molecule has 0 aliphatic carbocycles. The molecule has 1 heterocycles. The summed E-state index contributed by atoms with van der Waals surface area (Å²) >= 11 is 5.76. The molecule has 2 rings (SSSR count). The number of halogens is 1. The fourth-order valence-corrected chi connectivity index (χ4v) is 1.75. The van der Waals surface area contributed by atoms with Gasteiger partial charge in [0.15, 0.2) is 5.88 Å². The summed E-state index contributed by atoms with van der Waals surface area (Å²) in [6.45, 7) is 1.98. The first kappa shape index (κ1) is 10.8. The minimum Gasteiger partial charge on any atom is -0.494 e. The van der Waals surface area contributed by atoms with Crippen molar-refractivity contribution in [3.05, 3.63) is 34.4 Å². The average molecular weight is 235 g/mol. The van der Waals surface area contributed by atoms with Crippen LogP contribution >= 0.6 is 11.6 Å². The Morgan fingerprint density at radius 2 is 2.25 bits per heavy atom. The summed E-state index contributed by atoms with van der Waals surface area (Å²) < 4.78 is 0. The monoisotopic (exact) mass is 234 g/mol. The molecule has 1 aromatic heterocycles. The number of H-pyrrole nitrogens is 1. The van der Waals surface area contributed by atoms with Crippen molar-refractivity contribution in [1.82, 2.24) is 4.98 Å². The number of nitrogens with one attached hydrogen (secondary N) is 2. The zero-order valence-corrected chi connectivity index (χ0v) is 9.47.